The monoisotopic (exact) mass is 199 g/mol. The molecule has 5 nitrogen and oxygen atoms in total. The van der Waals surface area contributed by atoms with Gasteiger partial charge in [-0.05, 0) is 12.1 Å². The predicted octanol–water partition coefficient (Wildman–Crippen LogP) is 0.840. The van der Waals surface area contributed by atoms with Gasteiger partial charge in [-0.25, -0.2) is 4.79 Å². The van der Waals surface area contributed by atoms with Crippen molar-refractivity contribution >= 4 is 6.09 Å². The topological polar surface area (TPSA) is 62.9 Å². The summed E-state index contributed by atoms with van der Waals surface area (Å²) in [5, 5.41) is 8.44. The van der Waals surface area contributed by atoms with Crippen LogP contribution in [-0.4, -0.2) is 36.4 Å². The largest absolute Gasteiger partial charge is 0.467 e. The second-order valence-corrected chi connectivity index (χ2v) is 2.77. The maximum Gasteiger partial charge on any atom is 0.409 e. The first-order chi connectivity index (χ1) is 6.74. The van der Waals surface area contributed by atoms with Crippen LogP contribution in [0.5, 0.6) is 0 Å². The minimum absolute atomic E-state index is 0.0152. The molecule has 0 spiro atoms. The van der Waals surface area contributed by atoms with Gasteiger partial charge < -0.3 is 19.2 Å². The minimum Gasteiger partial charge on any atom is -0.467 e. The second kappa shape index (κ2) is 5.29. The molecule has 1 aromatic rings. The molecule has 1 rings (SSSR count). The lowest BCUT2D eigenvalue weighted by Gasteiger charge is -2.14. The second-order valence-electron chi connectivity index (χ2n) is 2.77. The van der Waals surface area contributed by atoms with Gasteiger partial charge in [0.05, 0.1) is 19.4 Å². The number of amides is 1. The molecule has 1 N–H and O–H groups in total. The lowest BCUT2D eigenvalue weighted by Crippen LogP contribution is -2.27. The zero-order chi connectivity index (χ0) is 10.4. The molecule has 0 saturated heterocycles. The highest BCUT2D eigenvalue weighted by atomic mass is 16.6. The summed E-state index contributed by atoms with van der Waals surface area (Å²) in [5.41, 5.74) is 0. The van der Waals surface area contributed by atoms with Crippen molar-refractivity contribution in [3.63, 3.8) is 0 Å². The lowest BCUT2D eigenvalue weighted by molar-refractivity contribution is 0.0877. The highest BCUT2D eigenvalue weighted by Crippen LogP contribution is 2.04. The third-order valence-electron chi connectivity index (χ3n) is 1.60. The van der Waals surface area contributed by atoms with Crippen LogP contribution in [-0.2, 0) is 11.3 Å². The van der Waals surface area contributed by atoms with Crippen molar-refractivity contribution in [2.24, 2.45) is 0 Å². The molecule has 1 aromatic heterocycles. The Morgan fingerprint density at radius 1 is 1.71 bits per heavy atom. The molecular formula is C9H13NO4. The van der Waals surface area contributed by atoms with Gasteiger partial charge in [0.2, 0.25) is 0 Å². The first kappa shape index (κ1) is 10.6. The van der Waals surface area contributed by atoms with Crippen LogP contribution >= 0.6 is 0 Å². The molecule has 5 heteroatoms. The van der Waals surface area contributed by atoms with Crippen molar-refractivity contribution in [1.29, 1.82) is 0 Å². The fraction of sp³-hybridized carbons (Fsp3) is 0.444. The molecule has 0 aliphatic rings. The van der Waals surface area contributed by atoms with E-state index in [1.165, 1.54) is 4.90 Å². The molecule has 0 fully saturated rings. The SMILES string of the molecule is CN(Cc1ccco1)C(=O)OCCO. The number of furan rings is 1. The van der Waals surface area contributed by atoms with Crippen LogP contribution in [0.15, 0.2) is 22.8 Å². The van der Waals surface area contributed by atoms with E-state index in [1.54, 1.807) is 25.4 Å². The van der Waals surface area contributed by atoms with E-state index in [1.807, 2.05) is 0 Å². The number of nitrogens with zero attached hydrogens (tertiary/aromatic N) is 1. The van der Waals surface area contributed by atoms with Gasteiger partial charge in [-0.1, -0.05) is 0 Å². The van der Waals surface area contributed by atoms with E-state index in [2.05, 4.69) is 0 Å². The van der Waals surface area contributed by atoms with Crippen LogP contribution in [0.1, 0.15) is 5.76 Å². The highest BCUT2D eigenvalue weighted by molar-refractivity contribution is 5.67. The van der Waals surface area contributed by atoms with Crippen molar-refractivity contribution in [2.75, 3.05) is 20.3 Å². The normalized spacial score (nSPS) is 9.86. The number of carbonyl (C=O) groups is 1. The van der Waals surface area contributed by atoms with Gasteiger partial charge in [0.1, 0.15) is 12.4 Å². The van der Waals surface area contributed by atoms with Crippen LogP contribution in [0.3, 0.4) is 0 Å². The maximum atomic E-state index is 11.2. The summed E-state index contributed by atoms with van der Waals surface area (Å²) in [6.45, 7) is 0.207. The zero-order valence-corrected chi connectivity index (χ0v) is 7.97. The Bertz CT molecular complexity index is 270. The molecule has 0 unspecified atom stereocenters. The van der Waals surface area contributed by atoms with E-state index >= 15 is 0 Å². The molecule has 0 aromatic carbocycles. The van der Waals surface area contributed by atoms with E-state index in [4.69, 9.17) is 14.3 Å². The van der Waals surface area contributed by atoms with Gasteiger partial charge >= 0.3 is 6.09 Å². The van der Waals surface area contributed by atoms with Crippen LogP contribution in [0.2, 0.25) is 0 Å². The van der Waals surface area contributed by atoms with Crippen molar-refractivity contribution in [3.8, 4) is 0 Å². The maximum absolute atomic E-state index is 11.2. The lowest BCUT2D eigenvalue weighted by atomic mass is 10.4. The number of rotatable bonds is 4. The third-order valence-corrected chi connectivity index (χ3v) is 1.60. The van der Waals surface area contributed by atoms with Gasteiger partial charge in [0, 0.05) is 7.05 Å². The number of aliphatic hydroxyl groups excluding tert-OH is 1. The summed E-state index contributed by atoms with van der Waals surface area (Å²) in [4.78, 5) is 12.5. The highest BCUT2D eigenvalue weighted by Gasteiger charge is 2.10. The quantitative estimate of drug-likeness (QED) is 0.780. The van der Waals surface area contributed by atoms with Crippen molar-refractivity contribution in [3.05, 3.63) is 24.2 Å². The molecule has 14 heavy (non-hydrogen) atoms. The first-order valence-corrected chi connectivity index (χ1v) is 4.25. The first-order valence-electron chi connectivity index (χ1n) is 4.25. The Labute approximate surface area is 81.9 Å². The summed E-state index contributed by atoms with van der Waals surface area (Å²) >= 11 is 0. The van der Waals surface area contributed by atoms with E-state index in [0.29, 0.717) is 12.3 Å². The summed E-state index contributed by atoms with van der Waals surface area (Å²) in [6.07, 6.45) is 1.07. The Balaban J connectivity index is 2.34. The number of ether oxygens (including phenoxy) is 1. The Hall–Kier alpha value is -1.49. The standard InChI is InChI=1S/C9H13NO4/c1-10(9(12)14-6-4-11)7-8-3-2-5-13-8/h2-3,5,11H,4,6-7H2,1H3. The van der Waals surface area contributed by atoms with Gasteiger partial charge in [0.15, 0.2) is 0 Å². The molecule has 0 bridgehead atoms. The molecule has 0 radical (unpaired) electrons. The number of hydrogen-bond donors (Lipinski definition) is 1. The average molecular weight is 199 g/mol. The van der Waals surface area contributed by atoms with Gasteiger partial charge in [-0.15, -0.1) is 0 Å². The van der Waals surface area contributed by atoms with Crippen LogP contribution in [0.25, 0.3) is 0 Å². The van der Waals surface area contributed by atoms with E-state index in [9.17, 15) is 4.79 Å². The molecule has 1 amide bonds. The fourth-order valence-electron chi connectivity index (χ4n) is 0.944. The van der Waals surface area contributed by atoms with E-state index in [-0.39, 0.29) is 13.2 Å². The summed E-state index contributed by atoms with van der Waals surface area (Å²) in [5.74, 6) is 0.688. The van der Waals surface area contributed by atoms with Gasteiger partial charge in [0.25, 0.3) is 0 Å². The molecule has 0 saturated carbocycles. The Morgan fingerprint density at radius 2 is 2.50 bits per heavy atom. The van der Waals surface area contributed by atoms with Crippen molar-refractivity contribution in [1.82, 2.24) is 4.90 Å². The fourth-order valence-corrected chi connectivity index (χ4v) is 0.944. The van der Waals surface area contributed by atoms with Crippen molar-refractivity contribution < 1.29 is 19.1 Å². The average Bonchev–Trinajstić information content (AvgIpc) is 2.66. The summed E-state index contributed by atoms with van der Waals surface area (Å²) in [7, 11) is 1.60. The Morgan fingerprint density at radius 3 is 3.07 bits per heavy atom. The van der Waals surface area contributed by atoms with Gasteiger partial charge in [-0.2, -0.15) is 0 Å². The smallest absolute Gasteiger partial charge is 0.409 e. The van der Waals surface area contributed by atoms with E-state index < -0.39 is 6.09 Å². The zero-order valence-electron chi connectivity index (χ0n) is 7.97. The van der Waals surface area contributed by atoms with Crippen LogP contribution in [0.4, 0.5) is 4.79 Å². The van der Waals surface area contributed by atoms with E-state index in [0.717, 1.165) is 0 Å². The molecular weight excluding hydrogens is 186 g/mol. The third kappa shape index (κ3) is 3.10. The molecule has 1 heterocycles. The number of aliphatic hydroxyl groups is 1. The van der Waals surface area contributed by atoms with Gasteiger partial charge in [-0.3, -0.25) is 0 Å². The van der Waals surface area contributed by atoms with Crippen molar-refractivity contribution in [2.45, 2.75) is 6.54 Å². The Kier molecular flexibility index (Phi) is 4.00. The molecule has 0 aliphatic heterocycles. The summed E-state index contributed by atoms with van der Waals surface area (Å²) in [6, 6.07) is 3.53. The molecule has 78 valence electrons. The van der Waals surface area contributed by atoms with Crippen LogP contribution in [0, 0.1) is 0 Å². The number of carbonyl (C=O) groups excluding carboxylic acids is 1. The van der Waals surface area contributed by atoms with Crippen LogP contribution < -0.4 is 0 Å². The molecule has 0 aliphatic carbocycles. The molecule has 0 atom stereocenters. The minimum atomic E-state index is -0.476. The predicted molar refractivity (Wildman–Crippen MR) is 48.6 cm³/mol. The summed E-state index contributed by atoms with van der Waals surface area (Å²) < 4.78 is 9.76. The number of hydrogen-bond acceptors (Lipinski definition) is 4.